The Morgan fingerprint density at radius 2 is 2.24 bits per heavy atom. The second-order valence-electron chi connectivity index (χ2n) is 6.79. The summed E-state index contributed by atoms with van der Waals surface area (Å²) in [5.74, 6) is 0.611. The lowest BCUT2D eigenvalue weighted by Gasteiger charge is -2.23. The maximum absolute atomic E-state index is 12.8. The van der Waals surface area contributed by atoms with E-state index >= 15 is 0 Å². The van der Waals surface area contributed by atoms with Crippen LogP contribution in [0.1, 0.15) is 34.5 Å². The van der Waals surface area contributed by atoms with Gasteiger partial charge < -0.3 is 15.2 Å². The van der Waals surface area contributed by atoms with E-state index < -0.39 is 0 Å². The van der Waals surface area contributed by atoms with Gasteiger partial charge in [0.25, 0.3) is 11.5 Å². The average molecular weight is 343 g/mol. The molecule has 1 saturated heterocycles. The Bertz CT molecular complexity index is 830. The third-order valence-corrected chi connectivity index (χ3v) is 4.70. The molecule has 3 heterocycles. The molecule has 2 N–H and O–H groups in total. The summed E-state index contributed by atoms with van der Waals surface area (Å²) < 4.78 is 3.26. The molecule has 0 bridgehead atoms. The number of carbonyl (C=O) groups excluding carboxylic acids is 1. The Hall–Kier alpha value is -2.41. The van der Waals surface area contributed by atoms with Gasteiger partial charge in [-0.25, -0.2) is 0 Å². The van der Waals surface area contributed by atoms with Gasteiger partial charge in [-0.2, -0.15) is 5.10 Å². The standard InChI is InChI=1S/C18H25N5O2/c1-12-6-8-23(11-14-5-4-7-19-10-14)18(25)16(12)17(24)20-15-9-13(2)21-22(15)3/h6,8-9,14,19H,4-5,7,10-11H2,1-3H3,(H,20,24). The highest BCUT2D eigenvalue weighted by atomic mass is 16.2. The number of aromatic nitrogens is 3. The minimum absolute atomic E-state index is 0.199. The number of hydrogen-bond donors (Lipinski definition) is 2. The van der Waals surface area contributed by atoms with Crippen molar-refractivity contribution in [2.45, 2.75) is 33.2 Å². The van der Waals surface area contributed by atoms with E-state index in [2.05, 4.69) is 15.7 Å². The Morgan fingerprint density at radius 3 is 2.88 bits per heavy atom. The van der Waals surface area contributed by atoms with Gasteiger partial charge >= 0.3 is 0 Å². The molecule has 3 rings (SSSR count). The van der Waals surface area contributed by atoms with E-state index in [9.17, 15) is 9.59 Å². The largest absolute Gasteiger partial charge is 0.316 e. The maximum Gasteiger partial charge on any atom is 0.263 e. The van der Waals surface area contributed by atoms with Crippen LogP contribution >= 0.6 is 0 Å². The average Bonchev–Trinajstić information content (AvgIpc) is 2.88. The summed E-state index contributed by atoms with van der Waals surface area (Å²) in [7, 11) is 1.76. The number of aryl methyl sites for hydroxylation is 3. The first-order valence-corrected chi connectivity index (χ1v) is 8.68. The van der Waals surface area contributed by atoms with Crippen LogP contribution in [0.4, 0.5) is 5.82 Å². The summed E-state index contributed by atoms with van der Waals surface area (Å²) in [6.45, 7) is 6.23. The molecule has 1 amide bonds. The molecule has 1 fully saturated rings. The van der Waals surface area contributed by atoms with Crippen LogP contribution < -0.4 is 16.2 Å². The predicted molar refractivity (Wildman–Crippen MR) is 96.9 cm³/mol. The molecule has 7 heteroatoms. The number of amides is 1. The van der Waals surface area contributed by atoms with E-state index in [1.807, 2.05) is 13.0 Å². The normalized spacial score (nSPS) is 17.5. The predicted octanol–water partition coefficient (Wildman–Crippen LogP) is 1.45. The molecule has 7 nitrogen and oxygen atoms in total. The number of hydrogen-bond acceptors (Lipinski definition) is 4. The molecule has 1 aliphatic rings. The molecule has 2 aromatic heterocycles. The van der Waals surface area contributed by atoms with Gasteiger partial charge in [0.1, 0.15) is 11.4 Å². The highest BCUT2D eigenvalue weighted by molar-refractivity contribution is 6.04. The summed E-state index contributed by atoms with van der Waals surface area (Å²) in [6, 6.07) is 3.61. The molecule has 1 atom stereocenters. The molecule has 1 aliphatic heterocycles. The lowest BCUT2D eigenvalue weighted by molar-refractivity contribution is 0.102. The fraction of sp³-hybridized carbons (Fsp3) is 0.500. The minimum Gasteiger partial charge on any atom is -0.316 e. The molecule has 134 valence electrons. The van der Waals surface area contributed by atoms with Gasteiger partial charge in [0.2, 0.25) is 0 Å². The number of piperidine rings is 1. The van der Waals surface area contributed by atoms with Crippen molar-refractivity contribution in [3.05, 3.63) is 45.5 Å². The Balaban J connectivity index is 1.84. The molecule has 0 radical (unpaired) electrons. The van der Waals surface area contributed by atoms with E-state index in [0.717, 1.165) is 31.6 Å². The highest BCUT2D eigenvalue weighted by Gasteiger charge is 2.20. The van der Waals surface area contributed by atoms with Crippen molar-refractivity contribution in [1.29, 1.82) is 0 Å². The van der Waals surface area contributed by atoms with E-state index in [1.54, 1.807) is 35.5 Å². The van der Waals surface area contributed by atoms with Gasteiger partial charge in [0, 0.05) is 25.9 Å². The quantitative estimate of drug-likeness (QED) is 0.880. The van der Waals surface area contributed by atoms with Gasteiger partial charge in [-0.3, -0.25) is 14.3 Å². The van der Waals surface area contributed by atoms with E-state index in [0.29, 0.717) is 23.8 Å². The van der Waals surface area contributed by atoms with E-state index in [-0.39, 0.29) is 17.0 Å². The first-order valence-electron chi connectivity index (χ1n) is 8.68. The van der Waals surface area contributed by atoms with Crippen LogP contribution in [0.15, 0.2) is 23.1 Å². The van der Waals surface area contributed by atoms with Gasteiger partial charge in [-0.05, 0) is 57.3 Å². The zero-order chi connectivity index (χ0) is 18.0. The van der Waals surface area contributed by atoms with Crippen molar-refractivity contribution in [3.8, 4) is 0 Å². The van der Waals surface area contributed by atoms with Crippen LogP contribution in [-0.2, 0) is 13.6 Å². The lowest BCUT2D eigenvalue weighted by Crippen LogP contribution is -2.36. The van der Waals surface area contributed by atoms with Crippen molar-refractivity contribution >= 4 is 11.7 Å². The summed E-state index contributed by atoms with van der Waals surface area (Å²) in [5.41, 5.74) is 1.45. The van der Waals surface area contributed by atoms with Gasteiger partial charge in [0.15, 0.2) is 0 Å². The van der Waals surface area contributed by atoms with Crippen LogP contribution in [0.2, 0.25) is 0 Å². The van der Waals surface area contributed by atoms with Gasteiger partial charge in [-0.15, -0.1) is 0 Å². The molecular formula is C18H25N5O2. The fourth-order valence-electron chi connectivity index (χ4n) is 3.35. The zero-order valence-electron chi connectivity index (χ0n) is 15.0. The van der Waals surface area contributed by atoms with Crippen molar-refractivity contribution in [2.75, 3.05) is 18.4 Å². The first kappa shape index (κ1) is 17.4. The van der Waals surface area contributed by atoms with Gasteiger partial charge in [-0.1, -0.05) is 0 Å². The van der Waals surface area contributed by atoms with E-state index in [4.69, 9.17) is 0 Å². The van der Waals surface area contributed by atoms with Crippen molar-refractivity contribution < 1.29 is 4.79 Å². The summed E-state index contributed by atoms with van der Waals surface area (Å²) in [5, 5.41) is 10.4. The Labute approximate surface area is 147 Å². The molecule has 0 spiro atoms. The van der Waals surface area contributed by atoms with Crippen LogP contribution in [0.5, 0.6) is 0 Å². The minimum atomic E-state index is -0.387. The fourth-order valence-corrected chi connectivity index (χ4v) is 3.35. The zero-order valence-corrected chi connectivity index (χ0v) is 15.0. The van der Waals surface area contributed by atoms with Crippen molar-refractivity contribution in [3.63, 3.8) is 0 Å². The molecule has 1 unspecified atom stereocenters. The number of rotatable bonds is 4. The SMILES string of the molecule is Cc1cc(NC(=O)c2c(C)ccn(CC3CCCNC3)c2=O)n(C)n1. The molecule has 0 aromatic carbocycles. The van der Waals surface area contributed by atoms with Crippen LogP contribution in [0.25, 0.3) is 0 Å². The van der Waals surface area contributed by atoms with Crippen molar-refractivity contribution in [1.82, 2.24) is 19.7 Å². The number of pyridine rings is 1. The first-order chi connectivity index (χ1) is 12.0. The third-order valence-electron chi connectivity index (χ3n) is 4.70. The molecular weight excluding hydrogens is 318 g/mol. The van der Waals surface area contributed by atoms with Crippen LogP contribution in [0, 0.1) is 19.8 Å². The topological polar surface area (TPSA) is 81.0 Å². The maximum atomic E-state index is 12.8. The second-order valence-corrected chi connectivity index (χ2v) is 6.79. The van der Waals surface area contributed by atoms with Crippen molar-refractivity contribution in [2.24, 2.45) is 13.0 Å². The summed E-state index contributed by atoms with van der Waals surface area (Å²) in [6.07, 6.45) is 4.01. The van der Waals surface area contributed by atoms with E-state index in [1.165, 1.54) is 0 Å². The molecule has 2 aromatic rings. The summed E-state index contributed by atoms with van der Waals surface area (Å²) in [4.78, 5) is 25.5. The van der Waals surface area contributed by atoms with Gasteiger partial charge in [0.05, 0.1) is 5.69 Å². The number of nitrogens with zero attached hydrogens (tertiary/aromatic N) is 3. The number of anilines is 1. The molecule has 25 heavy (non-hydrogen) atoms. The molecule has 0 aliphatic carbocycles. The lowest BCUT2D eigenvalue weighted by atomic mass is 9.99. The number of nitrogens with one attached hydrogen (secondary N) is 2. The monoisotopic (exact) mass is 343 g/mol. The Kier molecular flexibility index (Phi) is 5.03. The molecule has 0 saturated carbocycles. The number of carbonyl (C=O) groups is 1. The van der Waals surface area contributed by atoms with Crippen LogP contribution in [-0.4, -0.2) is 33.3 Å². The summed E-state index contributed by atoms with van der Waals surface area (Å²) >= 11 is 0. The van der Waals surface area contributed by atoms with Crippen LogP contribution in [0.3, 0.4) is 0 Å². The highest BCUT2D eigenvalue weighted by Crippen LogP contribution is 2.14. The Morgan fingerprint density at radius 1 is 1.44 bits per heavy atom. The second kappa shape index (κ2) is 7.23. The smallest absolute Gasteiger partial charge is 0.263 e. The third kappa shape index (κ3) is 3.82.